The number of esters is 1. The maximum absolute atomic E-state index is 13.8. The van der Waals surface area contributed by atoms with Crippen LogP contribution in [0.3, 0.4) is 0 Å². The Balaban J connectivity index is 1.74. The van der Waals surface area contributed by atoms with Crippen molar-refractivity contribution in [1.29, 1.82) is 0 Å². The zero-order valence-electron chi connectivity index (χ0n) is 15.2. The minimum atomic E-state index is -4.78. The molecule has 3 heterocycles. The number of nitrogens with zero attached hydrogens (tertiary/aromatic N) is 2. The van der Waals surface area contributed by atoms with E-state index < -0.39 is 23.5 Å². The molecule has 1 saturated heterocycles. The monoisotopic (exact) mass is 400 g/mol. The quantitative estimate of drug-likeness (QED) is 0.735. The summed E-state index contributed by atoms with van der Waals surface area (Å²) >= 11 is 0. The number of hydrogen-bond donors (Lipinski definition) is 0. The van der Waals surface area contributed by atoms with Gasteiger partial charge >= 0.3 is 12.1 Å². The van der Waals surface area contributed by atoms with E-state index in [-0.39, 0.29) is 36.1 Å². The van der Waals surface area contributed by atoms with Crippen LogP contribution in [0, 0.1) is 0 Å². The van der Waals surface area contributed by atoms with Crippen molar-refractivity contribution in [2.24, 2.45) is 0 Å². The van der Waals surface area contributed by atoms with Gasteiger partial charge in [-0.2, -0.15) is 18.3 Å². The van der Waals surface area contributed by atoms with E-state index in [9.17, 15) is 18.0 Å². The number of carbonyl (C=O) groups excluding carboxylic acids is 1. The Bertz CT molecular complexity index is 881. The van der Waals surface area contributed by atoms with Crippen LogP contribution < -0.4 is 0 Å². The van der Waals surface area contributed by atoms with Gasteiger partial charge in [-0.05, 0) is 18.9 Å². The lowest BCUT2D eigenvalue weighted by molar-refractivity contribution is -0.138. The van der Waals surface area contributed by atoms with Crippen LogP contribution in [0.1, 0.15) is 34.4 Å². The van der Waals surface area contributed by atoms with Gasteiger partial charge in [0.1, 0.15) is 17.4 Å². The SMILES string of the molecule is CCOC(=O)c1oc2c(c1C(F)(F)F)-c1nn(CC3COCCO3)cc1CC2. The van der Waals surface area contributed by atoms with Crippen LogP contribution in [0.2, 0.25) is 0 Å². The Morgan fingerprint density at radius 3 is 2.86 bits per heavy atom. The van der Waals surface area contributed by atoms with E-state index in [1.165, 1.54) is 6.92 Å². The highest BCUT2D eigenvalue weighted by molar-refractivity contribution is 5.92. The fourth-order valence-corrected chi connectivity index (χ4v) is 3.56. The molecule has 4 rings (SSSR count). The first-order chi connectivity index (χ1) is 13.4. The Hall–Kier alpha value is -2.33. The van der Waals surface area contributed by atoms with Gasteiger partial charge in [-0.1, -0.05) is 0 Å². The summed E-state index contributed by atoms with van der Waals surface area (Å²) in [5.41, 5.74) is -0.434. The zero-order valence-corrected chi connectivity index (χ0v) is 15.2. The molecule has 2 aliphatic rings. The number of ether oxygens (including phenoxy) is 3. The number of alkyl halides is 3. The lowest BCUT2D eigenvalue weighted by atomic mass is 9.93. The molecule has 2 aromatic heterocycles. The lowest BCUT2D eigenvalue weighted by Gasteiger charge is -2.22. The molecule has 1 atom stereocenters. The predicted octanol–water partition coefficient (Wildman–Crippen LogP) is 2.85. The molecule has 1 unspecified atom stereocenters. The van der Waals surface area contributed by atoms with Gasteiger partial charge in [0.2, 0.25) is 5.76 Å². The smallest absolute Gasteiger partial charge is 0.421 e. The van der Waals surface area contributed by atoms with E-state index >= 15 is 0 Å². The van der Waals surface area contributed by atoms with E-state index in [1.54, 1.807) is 10.9 Å². The molecule has 0 radical (unpaired) electrons. The van der Waals surface area contributed by atoms with Gasteiger partial charge in [-0.25, -0.2) is 4.79 Å². The fourth-order valence-electron chi connectivity index (χ4n) is 3.56. The molecule has 152 valence electrons. The molecule has 0 saturated carbocycles. The molecule has 0 spiro atoms. The highest BCUT2D eigenvalue weighted by atomic mass is 19.4. The Kier molecular flexibility index (Phi) is 4.92. The highest BCUT2D eigenvalue weighted by Crippen LogP contribution is 2.46. The second kappa shape index (κ2) is 7.25. The molecule has 7 nitrogen and oxygen atoms in total. The molecule has 0 N–H and O–H groups in total. The van der Waals surface area contributed by atoms with Crippen LogP contribution in [-0.2, 0) is 39.8 Å². The molecule has 28 heavy (non-hydrogen) atoms. The Labute approximate surface area is 158 Å². The third kappa shape index (κ3) is 3.42. The average Bonchev–Trinajstić information content (AvgIpc) is 3.22. The van der Waals surface area contributed by atoms with Crippen LogP contribution in [-0.4, -0.2) is 48.3 Å². The first kappa shape index (κ1) is 19.0. The first-order valence-corrected chi connectivity index (χ1v) is 9.04. The lowest BCUT2D eigenvalue weighted by Crippen LogP contribution is -2.32. The van der Waals surface area contributed by atoms with Gasteiger partial charge in [0.25, 0.3) is 0 Å². The minimum Gasteiger partial charge on any atom is -0.460 e. The van der Waals surface area contributed by atoms with Crippen molar-refractivity contribution >= 4 is 5.97 Å². The highest BCUT2D eigenvalue weighted by Gasteiger charge is 2.45. The second-order valence-corrected chi connectivity index (χ2v) is 6.62. The topological polar surface area (TPSA) is 75.7 Å². The minimum absolute atomic E-state index is 0.0508. The van der Waals surface area contributed by atoms with Crippen molar-refractivity contribution in [2.45, 2.75) is 38.6 Å². The van der Waals surface area contributed by atoms with Gasteiger partial charge in [0.05, 0.1) is 44.2 Å². The van der Waals surface area contributed by atoms with Crippen LogP contribution in [0.25, 0.3) is 11.3 Å². The first-order valence-electron chi connectivity index (χ1n) is 9.04. The van der Waals surface area contributed by atoms with Crippen molar-refractivity contribution in [3.8, 4) is 11.3 Å². The van der Waals surface area contributed by atoms with Crippen molar-refractivity contribution in [3.63, 3.8) is 0 Å². The van der Waals surface area contributed by atoms with Gasteiger partial charge in [-0.3, -0.25) is 4.68 Å². The summed E-state index contributed by atoms with van der Waals surface area (Å²) in [4.78, 5) is 12.0. The second-order valence-electron chi connectivity index (χ2n) is 6.62. The fraction of sp³-hybridized carbons (Fsp3) is 0.556. The van der Waals surface area contributed by atoms with E-state index in [4.69, 9.17) is 18.6 Å². The molecule has 10 heteroatoms. The van der Waals surface area contributed by atoms with Gasteiger partial charge in [-0.15, -0.1) is 0 Å². The summed E-state index contributed by atoms with van der Waals surface area (Å²) in [6.45, 7) is 3.24. The van der Waals surface area contributed by atoms with Gasteiger partial charge in [0.15, 0.2) is 0 Å². The maximum Gasteiger partial charge on any atom is 0.421 e. The summed E-state index contributed by atoms with van der Waals surface area (Å²) in [7, 11) is 0. The van der Waals surface area contributed by atoms with Crippen LogP contribution in [0.5, 0.6) is 0 Å². The number of furan rings is 1. The summed E-state index contributed by atoms with van der Waals surface area (Å²) in [6, 6.07) is 0. The standard InChI is InChI=1S/C18H19F3N2O5/c1-2-26-17(24)16-14(18(19,20)21)13-12(28-16)4-3-10-7-23(22-15(10)13)8-11-9-25-5-6-27-11/h7,11H,2-6,8-9H2,1H3. The third-order valence-electron chi connectivity index (χ3n) is 4.70. The molecule has 1 aliphatic carbocycles. The molecule has 0 aromatic carbocycles. The van der Waals surface area contributed by atoms with E-state index in [2.05, 4.69) is 5.10 Å². The van der Waals surface area contributed by atoms with E-state index in [1.807, 2.05) is 0 Å². The van der Waals surface area contributed by atoms with Crippen LogP contribution >= 0.6 is 0 Å². The van der Waals surface area contributed by atoms with E-state index in [0.717, 1.165) is 0 Å². The number of hydrogen-bond acceptors (Lipinski definition) is 6. The van der Waals surface area contributed by atoms with Gasteiger partial charge in [0, 0.05) is 12.6 Å². The number of aryl methyl sites for hydroxylation is 2. The molecule has 2 aromatic rings. The molecule has 1 fully saturated rings. The largest absolute Gasteiger partial charge is 0.460 e. The summed E-state index contributed by atoms with van der Waals surface area (Å²) in [5.74, 6) is -1.84. The number of rotatable bonds is 4. The number of aromatic nitrogens is 2. The van der Waals surface area contributed by atoms with Crippen molar-refractivity contribution in [2.75, 3.05) is 26.4 Å². The zero-order chi connectivity index (χ0) is 19.9. The van der Waals surface area contributed by atoms with Crippen molar-refractivity contribution in [1.82, 2.24) is 9.78 Å². The summed E-state index contributed by atoms with van der Waals surface area (Å²) < 4.78 is 64.0. The molecular weight excluding hydrogens is 381 g/mol. The molecular formula is C18H19F3N2O5. The summed E-state index contributed by atoms with van der Waals surface area (Å²) in [5, 5.41) is 4.35. The van der Waals surface area contributed by atoms with Crippen LogP contribution in [0.15, 0.2) is 10.6 Å². The number of carbonyl (C=O) groups is 1. The molecule has 1 aliphatic heterocycles. The number of halogens is 3. The van der Waals surface area contributed by atoms with Crippen molar-refractivity contribution < 1.29 is 36.6 Å². The Morgan fingerprint density at radius 1 is 1.36 bits per heavy atom. The molecule has 0 amide bonds. The van der Waals surface area contributed by atoms with Crippen LogP contribution in [0.4, 0.5) is 13.2 Å². The van der Waals surface area contributed by atoms with Gasteiger partial charge < -0.3 is 18.6 Å². The third-order valence-corrected chi connectivity index (χ3v) is 4.70. The van der Waals surface area contributed by atoms with Crippen molar-refractivity contribution in [3.05, 3.63) is 28.8 Å². The maximum atomic E-state index is 13.8. The normalized spacial score (nSPS) is 19.2. The molecule has 0 bridgehead atoms. The van der Waals surface area contributed by atoms with E-state index in [0.29, 0.717) is 38.3 Å². The number of fused-ring (bicyclic) bond motifs is 3. The Morgan fingerprint density at radius 2 is 2.18 bits per heavy atom. The predicted molar refractivity (Wildman–Crippen MR) is 88.9 cm³/mol. The summed E-state index contributed by atoms with van der Waals surface area (Å²) in [6.07, 6.45) is -2.56. The average molecular weight is 400 g/mol.